The first kappa shape index (κ1) is 15.8. The van der Waals surface area contributed by atoms with E-state index in [1.54, 1.807) is 0 Å². The lowest BCUT2D eigenvalue weighted by molar-refractivity contribution is -0.137. The molecule has 1 saturated heterocycles. The number of hydrogen-bond donors (Lipinski definition) is 1. The molecule has 2 atom stereocenters. The summed E-state index contributed by atoms with van der Waals surface area (Å²) >= 11 is 0. The standard InChI is InChI=1S/C17H17F3N2O/c18-17(19,20)13-6-7-16(21-11-13)22-14-8-9-23-15(10-14)12-4-2-1-3-5-12/h1-7,11,14-15H,8-10H2,(H,21,22). The van der Waals surface area contributed by atoms with Gasteiger partial charge in [0.2, 0.25) is 0 Å². The molecule has 0 spiro atoms. The van der Waals surface area contributed by atoms with Crippen LogP contribution >= 0.6 is 0 Å². The fraction of sp³-hybridized carbons (Fsp3) is 0.353. The van der Waals surface area contributed by atoms with Gasteiger partial charge >= 0.3 is 6.18 Å². The lowest BCUT2D eigenvalue weighted by Crippen LogP contribution is -2.30. The number of nitrogens with one attached hydrogen (secondary N) is 1. The molecule has 2 unspecified atom stereocenters. The Bertz CT molecular complexity index is 629. The summed E-state index contributed by atoms with van der Waals surface area (Å²) in [6, 6.07) is 12.5. The minimum absolute atomic E-state index is 0.00287. The zero-order valence-corrected chi connectivity index (χ0v) is 12.4. The molecule has 3 rings (SSSR count). The highest BCUT2D eigenvalue weighted by molar-refractivity contribution is 5.37. The molecule has 0 amide bonds. The summed E-state index contributed by atoms with van der Waals surface area (Å²) in [5, 5.41) is 3.20. The smallest absolute Gasteiger partial charge is 0.373 e. The first-order valence-electron chi connectivity index (χ1n) is 7.49. The van der Waals surface area contributed by atoms with Gasteiger partial charge in [0.25, 0.3) is 0 Å². The second-order valence-electron chi connectivity index (χ2n) is 5.57. The molecule has 3 nitrogen and oxygen atoms in total. The maximum absolute atomic E-state index is 12.5. The van der Waals surface area contributed by atoms with Gasteiger partial charge in [-0.25, -0.2) is 4.98 Å². The van der Waals surface area contributed by atoms with Crippen molar-refractivity contribution >= 4 is 5.82 Å². The summed E-state index contributed by atoms with van der Waals surface area (Å²) in [6.07, 6.45) is -1.95. The Balaban J connectivity index is 1.64. The van der Waals surface area contributed by atoms with Gasteiger partial charge in [0.05, 0.1) is 11.7 Å². The Morgan fingerprint density at radius 3 is 2.52 bits per heavy atom. The number of halogens is 3. The molecule has 122 valence electrons. The highest BCUT2D eigenvalue weighted by Crippen LogP contribution is 2.31. The van der Waals surface area contributed by atoms with Crippen LogP contribution in [-0.4, -0.2) is 17.6 Å². The second-order valence-corrected chi connectivity index (χ2v) is 5.57. The topological polar surface area (TPSA) is 34.1 Å². The van der Waals surface area contributed by atoms with Crippen molar-refractivity contribution < 1.29 is 17.9 Å². The Kier molecular flexibility index (Phi) is 4.52. The van der Waals surface area contributed by atoms with E-state index < -0.39 is 11.7 Å². The number of ether oxygens (including phenoxy) is 1. The van der Waals surface area contributed by atoms with Crippen LogP contribution in [0.2, 0.25) is 0 Å². The maximum Gasteiger partial charge on any atom is 0.417 e. The summed E-state index contributed by atoms with van der Waals surface area (Å²) in [5.41, 5.74) is 0.372. The number of nitrogens with zero attached hydrogens (tertiary/aromatic N) is 1. The van der Waals surface area contributed by atoms with Crippen LogP contribution in [0.25, 0.3) is 0 Å². The molecule has 0 radical (unpaired) electrons. The van der Waals surface area contributed by atoms with Crippen molar-refractivity contribution in [3.05, 3.63) is 59.8 Å². The zero-order chi connectivity index (χ0) is 16.3. The van der Waals surface area contributed by atoms with Crippen LogP contribution in [-0.2, 0) is 10.9 Å². The highest BCUT2D eigenvalue weighted by atomic mass is 19.4. The molecule has 1 aliphatic heterocycles. The molecule has 0 bridgehead atoms. The van der Waals surface area contributed by atoms with Crippen LogP contribution in [0.3, 0.4) is 0 Å². The molecule has 1 aromatic carbocycles. The zero-order valence-electron chi connectivity index (χ0n) is 12.4. The van der Waals surface area contributed by atoms with Gasteiger partial charge in [-0.15, -0.1) is 0 Å². The number of alkyl halides is 3. The van der Waals surface area contributed by atoms with Crippen molar-refractivity contribution in [3.8, 4) is 0 Å². The lowest BCUT2D eigenvalue weighted by Gasteiger charge is -2.30. The van der Waals surface area contributed by atoms with Crippen molar-refractivity contribution in [1.82, 2.24) is 4.98 Å². The van der Waals surface area contributed by atoms with Crippen LogP contribution in [0, 0.1) is 0 Å². The minimum Gasteiger partial charge on any atom is -0.373 e. The number of pyridine rings is 1. The van der Waals surface area contributed by atoms with Gasteiger partial charge in [0, 0.05) is 18.8 Å². The molecule has 1 aliphatic rings. The third-order valence-corrected chi connectivity index (χ3v) is 3.90. The van der Waals surface area contributed by atoms with E-state index in [4.69, 9.17) is 4.74 Å². The number of anilines is 1. The van der Waals surface area contributed by atoms with Crippen LogP contribution in [0.4, 0.5) is 19.0 Å². The van der Waals surface area contributed by atoms with Gasteiger partial charge in [-0.2, -0.15) is 13.2 Å². The Hall–Kier alpha value is -2.08. The van der Waals surface area contributed by atoms with E-state index in [1.807, 2.05) is 30.3 Å². The number of benzene rings is 1. The molecule has 23 heavy (non-hydrogen) atoms. The highest BCUT2D eigenvalue weighted by Gasteiger charge is 2.31. The third kappa shape index (κ3) is 4.01. The number of rotatable bonds is 3. The summed E-state index contributed by atoms with van der Waals surface area (Å²) in [4.78, 5) is 3.87. The Labute approximate surface area is 132 Å². The van der Waals surface area contributed by atoms with E-state index in [0.29, 0.717) is 12.4 Å². The molecule has 0 aliphatic carbocycles. The largest absolute Gasteiger partial charge is 0.417 e. The van der Waals surface area contributed by atoms with E-state index in [9.17, 15) is 13.2 Å². The van der Waals surface area contributed by atoms with Gasteiger partial charge < -0.3 is 10.1 Å². The molecular weight excluding hydrogens is 305 g/mol. The molecule has 0 saturated carbocycles. The van der Waals surface area contributed by atoms with Crippen molar-refractivity contribution in [2.45, 2.75) is 31.2 Å². The first-order valence-corrected chi connectivity index (χ1v) is 7.49. The molecule has 2 aromatic rings. The summed E-state index contributed by atoms with van der Waals surface area (Å²) in [5.74, 6) is 0.455. The van der Waals surface area contributed by atoms with Gasteiger partial charge in [0.1, 0.15) is 5.82 Å². The van der Waals surface area contributed by atoms with Gasteiger partial charge in [-0.05, 0) is 30.5 Å². The first-order chi connectivity index (χ1) is 11.0. The SMILES string of the molecule is FC(F)(F)c1ccc(NC2CCOC(c3ccccc3)C2)nc1. The van der Waals surface area contributed by atoms with Crippen molar-refractivity contribution in [2.24, 2.45) is 0 Å². The van der Waals surface area contributed by atoms with Crippen LogP contribution in [0.15, 0.2) is 48.7 Å². The quantitative estimate of drug-likeness (QED) is 0.907. The van der Waals surface area contributed by atoms with E-state index in [1.165, 1.54) is 6.07 Å². The Morgan fingerprint density at radius 2 is 1.87 bits per heavy atom. The summed E-state index contributed by atoms with van der Waals surface area (Å²) in [6.45, 7) is 0.609. The van der Waals surface area contributed by atoms with E-state index in [0.717, 1.165) is 30.7 Å². The monoisotopic (exact) mass is 322 g/mol. The second kappa shape index (κ2) is 6.58. The normalized spacial score (nSPS) is 21.9. The van der Waals surface area contributed by atoms with Gasteiger partial charge in [-0.3, -0.25) is 0 Å². The number of aromatic nitrogens is 1. The van der Waals surface area contributed by atoms with Crippen molar-refractivity contribution in [3.63, 3.8) is 0 Å². The molecule has 2 heterocycles. The predicted molar refractivity (Wildman–Crippen MR) is 81.0 cm³/mol. The molecule has 1 aromatic heterocycles. The van der Waals surface area contributed by atoms with Crippen molar-refractivity contribution in [1.29, 1.82) is 0 Å². The third-order valence-electron chi connectivity index (χ3n) is 3.90. The van der Waals surface area contributed by atoms with Crippen LogP contribution < -0.4 is 5.32 Å². The molecular formula is C17H17F3N2O. The predicted octanol–water partition coefficient (Wildman–Crippen LogP) is 4.43. The fourth-order valence-corrected chi connectivity index (χ4v) is 2.68. The molecule has 1 N–H and O–H groups in total. The minimum atomic E-state index is -4.36. The molecule has 1 fully saturated rings. The van der Waals surface area contributed by atoms with Crippen molar-refractivity contribution in [2.75, 3.05) is 11.9 Å². The van der Waals surface area contributed by atoms with E-state index in [2.05, 4.69) is 10.3 Å². The van der Waals surface area contributed by atoms with E-state index in [-0.39, 0.29) is 12.1 Å². The Morgan fingerprint density at radius 1 is 1.09 bits per heavy atom. The fourth-order valence-electron chi connectivity index (χ4n) is 2.68. The maximum atomic E-state index is 12.5. The summed E-state index contributed by atoms with van der Waals surface area (Å²) in [7, 11) is 0. The van der Waals surface area contributed by atoms with Crippen LogP contribution in [0.5, 0.6) is 0 Å². The van der Waals surface area contributed by atoms with Crippen LogP contribution in [0.1, 0.15) is 30.1 Å². The lowest BCUT2D eigenvalue weighted by atomic mass is 9.97. The average molecular weight is 322 g/mol. The van der Waals surface area contributed by atoms with Gasteiger partial charge in [-0.1, -0.05) is 30.3 Å². The molecule has 6 heteroatoms. The van der Waals surface area contributed by atoms with E-state index >= 15 is 0 Å². The average Bonchev–Trinajstić information content (AvgIpc) is 2.56. The van der Waals surface area contributed by atoms with Gasteiger partial charge in [0.15, 0.2) is 0 Å². The number of hydrogen-bond acceptors (Lipinski definition) is 3. The summed E-state index contributed by atoms with van der Waals surface area (Å²) < 4.78 is 43.4.